The average molecular weight is 328 g/mol. The van der Waals surface area contributed by atoms with Gasteiger partial charge in [0.1, 0.15) is 12.7 Å². The number of nitrogens with zero attached hydrogens (tertiary/aromatic N) is 3. The molecule has 23 heavy (non-hydrogen) atoms. The molecular weight excluding hydrogens is 312 g/mol. The monoisotopic (exact) mass is 328 g/mol. The number of carboxylic acids is 1. The lowest BCUT2D eigenvalue weighted by atomic mass is 10.1. The Kier molecular flexibility index (Phi) is 4.80. The van der Waals surface area contributed by atoms with E-state index in [1.165, 1.54) is 6.33 Å². The number of thiophene rings is 1. The smallest absolute Gasteiger partial charge is 0.305 e. The van der Waals surface area contributed by atoms with E-state index in [0.717, 1.165) is 16.8 Å². The van der Waals surface area contributed by atoms with Crippen LogP contribution in [0.2, 0.25) is 0 Å². The quantitative estimate of drug-likeness (QED) is 0.697. The predicted molar refractivity (Wildman–Crippen MR) is 87.5 cm³/mol. The normalized spacial score (nSPS) is 12.2. The lowest BCUT2D eigenvalue weighted by Crippen LogP contribution is -2.23. The van der Waals surface area contributed by atoms with Crippen molar-refractivity contribution in [3.8, 4) is 5.69 Å². The van der Waals surface area contributed by atoms with E-state index < -0.39 is 5.97 Å². The first-order valence-electron chi connectivity index (χ1n) is 7.13. The summed E-state index contributed by atoms with van der Waals surface area (Å²) in [5.41, 5.74) is 3.03. The molecular formula is C16H16N4O2S. The van der Waals surface area contributed by atoms with Gasteiger partial charge in [0.15, 0.2) is 0 Å². The van der Waals surface area contributed by atoms with Gasteiger partial charge in [-0.25, -0.2) is 9.67 Å². The summed E-state index contributed by atoms with van der Waals surface area (Å²) in [6.07, 6.45) is 3.20. The maximum Gasteiger partial charge on any atom is 0.305 e. The molecule has 0 aliphatic carbocycles. The number of aliphatic carboxylic acids is 1. The third-order valence-electron chi connectivity index (χ3n) is 3.50. The first-order valence-corrected chi connectivity index (χ1v) is 8.08. The zero-order valence-corrected chi connectivity index (χ0v) is 13.1. The minimum absolute atomic E-state index is 0.0633. The molecule has 2 N–H and O–H groups in total. The number of benzene rings is 1. The molecule has 6 nitrogen and oxygen atoms in total. The first kappa shape index (κ1) is 15.4. The average Bonchev–Trinajstić information content (AvgIpc) is 3.24. The molecule has 1 atom stereocenters. The summed E-state index contributed by atoms with van der Waals surface area (Å²) in [5, 5.41) is 20.4. The highest BCUT2D eigenvalue weighted by molar-refractivity contribution is 7.07. The Bertz CT molecular complexity index is 739. The van der Waals surface area contributed by atoms with Crippen molar-refractivity contribution in [3.63, 3.8) is 0 Å². The topological polar surface area (TPSA) is 80.0 Å². The maximum atomic E-state index is 11.0. The molecule has 118 valence electrons. The molecule has 7 heteroatoms. The second kappa shape index (κ2) is 7.17. The van der Waals surface area contributed by atoms with Gasteiger partial charge in [0.2, 0.25) is 0 Å². The van der Waals surface area contributed by atoms with Crippen LogP contribution in [0.5, 0.6) is 0 Å². The summed E-state index contributed by atoms with van der Waals surface area (Å²) >= 11 is 1.57. The van der Waals surface area contributed by atoms with Crippen LogP contribution >= 0.6 is 11.3 Å². The van der Waals surface area contributed by atoms with E-state index in [1.54, 1.807) is 22.3 Å². The van der Waals surface area contributed by atoms with E-state index >= 15 is 0 Å². The number of carbonyl (C=O) groups is 1. The Balaban J connectivity index is 1.65. The van der Waals surface area contributed by atoms with Gasteiger partial charge >= 0.3 is 5.97 Å². The fourth-order valence-corrected chi connectivity index (χ4v) is 3.02. The van der Waals surface area contributed by atoms with Crippen molar-refractivity contribution in [1.29, 1.82) is 0 Å². The number of aromatic nitrogens is 3. The molecule has 1 aromatic carbocycles. The van der Waals surface area contributed by atoms with E-state index in [4.69, 9.17) is 5.11 Å². The first-order chi connectivity index (χ1) is 11.2. The van der Waals surface area contributed by atoms with Gasteiger partial charge in [-0.2, -0.15) is 16.4 Å². The summed E-state index contributed by atoms with van der Waals surface area (Å²) in [7, 11) is 0. The Morgan fingerprint density at radius 3 is 2.74 bits per heavy atom. The SMILES string of the molecule is O=C(O)C[C@@H](NCc1ccc(-n2cncn2)cc1)c1ccsc1. The van der Waals surface area contributed by atoms with Crippen molar-refractivity contribution in [2.24, 2.45) is 0 Å². The van der Waals surface area contributed by atoms with E-state index in [2.05, 4.69) is 15.4 Å². The van der Waals surface area contributed by atoms with Crippen molar-refractivity contribution in [3.05, 3.63) is 64.9 Å². The van der Waals surface area contributed by atoms with Crippen LogP contribution in [0.1, 0.15) is 23.6 Å². The Morgan fingerprint density at radius 1 is 1.30 bits per heavy atom. The molecule has 3 rings (SSSR count). The second-order valence-electron chi connectivity index (χ2n) is 5.09. The molecule has 0 aliphatic heterocycles. The molecule has 0 saturated carbocycles. The molecule has 0 radical (unpaired) electrons. The van der Waals surface area contributed by atoms with Crippen LogP contribution in [0.15, 0.2) is 53.7 Å². The Morgan fingerprint density at radius 2 is 2.13 bits per heavy atom. The lowest BCUT2D eigenvalue weighted by Gasteiger charge is -2.16. The van der Waals surface area contributed by atoms with Crippen molar-refractivity contribution in [2.75, 3.05) is 0 Å². The van der Waals surface area contributed by atoms with Crippen molar-refractivity contribution >= 4 is 17.3 Å². The van der Waals surface area contributed by atoms with Gasteiger partial charge in [-0.3, -0.25) is 4.79 Å². The standard InChI is InChI=1S/C16H16N4O2S/c21-16(22)7-15(13-5-6-23-9-13)18-8-12-1-3-14(4-2-12)20-11-17-10-19-20/h1-6,9-11,15,18H,7-8H2,(H,21,22)/t15-/m1/s1. The lowest BCUT2D eigenvalue weighted by molar-refractivity contribution is -0.137. The number of hydrogen-bond donors (Lipinski definition) is 2. The van der Waals surface area contributed by atoms with Gasteiger partial charge < -0.3 is 10.4 Å². The van der Waals surface area contributed by atoms with Gasteiger partial charge in [-0.1, -0.05) is 12.1 Å². The highest BCUT2D eigenvalue weighted by atomic mass is 32.1. The van der Waals surface area contributed by atoms with Crippen LogP contribution in [0, 0.1) is 0 Å². The predicted octanol–water partition coefficient (Wildman–Crippen LogP) is 2.63. The summed E-state index contributed by atoms with van der Waals surface area (Å²) in [5.74, 6) is -0.810. The second-order valence-corrected chi connectivity index (χ2v) is 5.87. The van der Waals surface area contributed by atoms with Gasteiger partial charge in [0, 0.05) is 12.6 Å². The summed E-state index contributed by atoms with van der Waals surface area (Å²) in [6, 6.07) is 9.68. The number of hydrogen-bond acceptors (Lipinski definition) is 5. The molecule has 0 amide bonds. The fourth-order valence-electron chi connectivity index (χ4n) is 2.30. The maximum absolute atomic E-state index is 11.0. The van der Waals surface area contributed by atoms with E-state index in [9.17, 15) is 4.79 Å². The van der Waals surface area contributed by atoms with Crippen molar-refractivity contribution in [2.45, 2.75) is 19.0 Å². The van der Waals surface area contributed by atoms with Crippen LogP contribution in [0.25, 0.3) is 5.69 Å². The zero-order valence-electron chi connectivity index (χ0n) is 12.3. The molecule has 0 spiro atoms. The van der Waals surface area contributed by atoms with E-state index in [-0.39, 0.29) is 12.5 Å². The van der Waals surface area contributed by atoms with Crippen LogP contribution < -0.4 is 5.32 Å². The van der Waals surface area contributed by atoms with E-state index in [1.807, 2.05) is 41.1 Å². The molecule has 2 aromatic heterocycles. The molecule has 2 heterocycles. The van der Waals surface area contributed by atoms with Gasteiger partial charge in [0.25, 0.3) is 0 Å². The largest absolute Gasteiger partial charge is 0.481 e. The number of carboxylic acid groups (broad SMARTS) is 1. The third-order valence-corrected chi connectivity index (χ3v) is 4.20. The molecule has 0 fully saturated rings. The number of rotatable bonds is 7. The molecule has 0 aliphatic rings. The summed E-state index contributed by atoms with van der Waals surface area (Å²) < 4.78 is 1.69. The van der Waals surface area contributed by atoms with Gasteiger partial charge in [-0.15, -0.1) is 0 Å². The molecule has 3 aromatic rings. The van der Waals surface area contributed by atoms with Crippen LogP contribution in [-0.4, -0.2) is 25.8 Å². The van der Waals surface area contributed by atoms with Crippen LogP contribution in [0.3, 0.4) is 0 Å². The van der Waals surface area contributed by atoms with Crippen molar-refractivity contribution in [1.82, 2.24) is 20.1 Å². The highest BCUT2D eigenvalue weighted by Crippen LogP contribution is 2.20. The Hall–Kier alpha value is -2.51. The minimum Gasteiger partial charge on any atom is -0.481 e. The zero-order chi connectivity index (χ0) is 16.1. The van der Waals surface area contributed by atoms with Gasteiger partial charge in [0.05, 0.1) is 12.1 Å². The minimum atomic E-state index is -0.810. The summed E-state index contributed by atoms with van der Waals surface area (Å²) in [6.45, 7) is 0.603. The number of nitrogens with one attached hydrogen (secondary N) is 1. The van der Waals surface area contributed by atoms with Crippen molar-refractivity contribution < 1.29 is 9.90 Å². The van der Waals surface area contributed by atoms with Crippen LogP contribution in [-0.2, 0) is 11.3 Å². The molecule has 0 unspecified atom stereocenters. The molecule has 0 saturated heterocycles. The fraction of sp³-hybridized carbons (Fsp3) is 0.188. The third kappa shape index (κ3) is 4.02. The van der Waals surface area contributed by atoms with Gasteiger partial charge in [-0.05, 0) is 40.1 Å². The highest BCUT2D eigenvalue weighted by Gasteiger charge is 2.15. The van der Waals surface area contributed by atoms with E-state index in [0.29, 0.717) is 6.54 Å². The van der Waals surface area contributed by atoms with Crippen LogP contribution in [0.4, 0.5) is 0 Å². The Labute approximate surface area is 137 Å². The molecule has 0 bridgehead atoms. The summed E-state index contributed by atoms with van der Waals surface area (Å²) in [4.78, 5) is 15.0.